The third kappa shape index (κ3) is 4.23. The third-order valence-electron chi connectivity index (χ3n) is 2.65. The van der Waals surface area contributed by atoms with Crippen molar-refractivity contribution in [2.24, 2.45) is 11.7 Å². The second kappa shape index (κ2) is 6.54. The van der Waals surface area contributed by atoms with Crippen molar-refractivity contribution in [2.75, 3.05) is 6.61 Å². The predicted octanol–water partition coefficient (Wildman–Crippen LogP) is 3.52. The molecule has 0 saturated heterocycles. The summed E-state index contributed by atoms with van der Waals surface area (Å²) in [6.07, 6.45) is 2.20. The van der Waals surface area contributed by atoms with Crippen LogP contribution in [0.15, 0.2) is 24.3 Å². The van der Waals surface area contributed by atoms with E-state index < -0.39 is 0 Å². The zero-order valence-corrected chi connectivity index (χ0v) is 10.6. The van der Waals surface area contributed by atoms with E-state index in [9.17, 15) is 0 Å². The molecule has 0 aliphatic heterocycles. The van der Waals surface area contributed by atoms with Crippen molar-refractivity contribution in [3.05, 3.63) is 29.8 Å². The van der Waals surface area contributed by atoms with Gasteiger partial charge in [0.15, 0.2) is 0 Å². The molecule has 2 heteroatoms. The SMILES string of the molecule is CCOc1cccc([C@@H](N)CCC(C)C)c1. The Morgan fingerprint density at radius 2 is 2.00 bits per heavy atom. The molecular weight excluding hydrogens is 198 g/mol. The highest BCUT2D eigenvalue weighted by Gasteiger charge is 2.07. The summed E-state index contributed by atoms with van der Waals surface area (Å²) in [6.45, 7) is 7.14. The standard InChI is InChI=1S/C14H23NO/c1-4-16-13-7-5-6-12(10-13)14(15)9-8-11(2)3/h5-7,10-11,14H,4,8-9,15H2,1-3H3/t14-/m0/s1. The van der Waals surface area contributed by atoms with Gasteiger partial charge in [0.05, 0.1) is 6.61 Å². The molecule has 2 N–H and O–H groups in total. The molecule has 0 aliphatic rings. The van der Waals surface area contributed by atoms with Gasteiger partial charge in [-0.2, -0.15) is 0 Å². The molecule has 0 saturated carbocycles. The number of rotatable bonds is 6. The summed E-state index contributed by atoms with van der Waals surface area (Å²) in [4.78, 5) is 0. The molecule has 0 bridgehead atoms. The predicted molar refractivity (Wildman–Crippen MR) is 68.6 cm³/mol. The molecule has 1 rings (SSSR count). The molecule has 16 heavy (non-hydrogen) atoms. The first-order valence-electron chi connectivity index (χ1n) is 6.11. The quantitative estimate of drug-likeness (QED) is 0.797. The normalized spacial score (nSPS) is 12.8. The zero-order chi connectivity index (χ0) is 12.0. The van der Waals surface area contributed by atoms with Gasteiger partial charge >= 0.3 is 0 Å². The average Bonchev–Trinajstić information content (AvgIpc) is 2.26. The summed E-state index contributed by atoms with van der Waals surface area (Å²) in [5.41, 5.74) is 7.33. The van der Waals surface area contributed by atoms with E-state index in [0.717, 1.165) is 12.2 Å². The van der Waals surface area contributed by atoms with E-state index in [0.29, 0.717) is 12.5 Å². The van der Waals surface area contributed by atoms with Gasteiger partial charge in [-0.05, 0) is 43.4 Å². The van der Waals surface area contributed by atoms with Gasteiger partial charge in [0.1, 0.15) is 5.75 Å². The lowest BCUT2D eigenvalue weighted by atomic mass is 9.98. The lowest BCUT2D eigenvalue weighted by Crippen LogP contribution is -2.11. The van der Waals surface area contributed by atoms with Crippen LogP contribution in [0.3, 0.4) is 0 Å². The van der Waals surface area contributed by atoms with E-state index in [1.807, 2.05) is 19.1 Å². The molecule has 0 spiro atoms. The van der Waals surface area contributed by atoms with Gasteiger partial charge in [-0.1, -0.05) is 26.0 Å². The highest BCUT2D eigenvalue weighted by atomic mass is 16.5. The second-order valence-electron chi connectivity index (χ2n) is 4.58. The monoisotopic (exact) mass is 221 g/mol. The van der Waals surface area contributed by atoms with Crippen LogP contribution in [0.25, 0.3) is 0 Å². The Morgan fingerprint density at radius 3 is 2.62 bits per heavy atom. The molecule has 1 aromatic carbocycles. The highest BCUT2D eigenvalue weighted by molar-refractivity contribution is 5.30. The van der Waals surface area contributed by atoms with Gasteiger partial charge in [-0.25, -0.2) is 0 Å². The fraction of sp³-hybridized carbons (Fsp3) is 0.571. The van der Waals surface area contributed by atoms with Gasteiger partial charge in [0.2, 0.25) is 0 Å². The summed E-state index contributed by atoms with van der Waals surface area (Å²) in [5.74, 6) is 1.63. The van der Waals surface area contributed by atoms with Gasteiger partial charge < -0.3 is 10.5 Å². The molecule has 0 radical (unpaired) electrons. The maximum absolute atomic E-state index is 6.15. The fourth-order valence-electron chi connectivity index (χ4n) is 1.68. The van der Waals surface area contributed by atoms with Gasteiger partial charge in [0.25, 0.3) is 0 Å². The number of hydrogen-bond acceptors (Lipinski definition) is 2. The number of hydrogen-bond donors (Lipinski definition) is 1. The summed E-state index contributed by atoms with van der Waals surface area (Å²) in [6, 6.07) is 8.24. The molecule has 0 fully saturated rings. The Bertz CT molecular complexity index is 309. The Morgan fingerprint density at radius 1 is 1.25 bits per heavy atom. The molecule has 0 amide bonds. The smallest absolute Gasteiger partial charge is 0.119 e. The lowest BCUT2D eigenvalue weighted by Gasteiger charge is -2.14. The Balaban J connectivity index is 2.60. The molecule has 1 atom stereocenters. The molecule has 0 aromatic heterocycles. The van der Waals surface area contributed by atoms with Crippen molar-refractivity contribution in [2.45, 2.75) is 39.7 Å². The van der Waals surface area contributed by atoms with Crippen LogP contribution in [-0.4, -0.2) is 6.61 Å². The van der Waals surface area contributed by atoms with Crippen LogP contribution in [-0.2, 0) is 0 Å². The molecule has 1 aromatic rings. The first kappa shape index (κ1) is 13.0. The van der Waals surface area contributed by atoms with Crippen molar-refractivity contribution in [3.63, 3.8) is 0 Å². The average molecular weight is 221 g/mol. The van der Waals surface area contributed by atoms with Crippen LogP contribution in [0.2, 0.25) is 0 Å². The Hall–Kier alpha value is -1.02. The molecule has 90 valence electrons. The van der Waals surface area contributed by atoms with E-state index in [-0.39, 0.29) is 6.04 Å². The van der Waals surface area contributed by atoms with Crippen molar-refractivity contribution in [1.29, 1.82) is 0 Å². The van der Waals surface area contributed by atoms with E-state index in [1.165, 1.54) is 12.0 Å². The van der Waals surface area contributed by atoms with E-state index in [4.69, 9.17) is 10.5 Å². The van der Waals surface area contributed by atoms with Gasteiger partial charge in [-0.3, -0.25) is 0 Å². The number of ether oxygens (including phenoxy) is 1. The summed E-state index contributed by atoms with van der Waals surface area (Å²) < 4.78 is 5.47. The van der Waals surface area contributed by atoms with Crippen LogP contribution < -0.4 is 10.5 Å². The molecule has 0 aliphatic carbocycles. The maximum atomic E-state index is 6.15. The number of benzene rings is 1. The van der Waals surface area contributed by atoms with Crippen LogP contribution in [0.1, 0.15) is 45.2 Å². The molecule has 0 unspecified atom stereocenters. The fourth-order valence-corrected chi connectivity index (χ4v) is 1.68. The minimum absolute atomic E-state index is 0.128. The number of nitrogens with two attached hydrogens (primary N) is 1. The van der Waals surface area contributed by atoms with Gasteiger partial charge in [-0.15, -0.1) is 0 Å². The second-order valence-corrected chi connectivity index (χ2v) is 4.58. The summed E-state index contributed by atoms with van der Waals surface area (Å²) >= 11 is 0. The zero-order valence-electron chi connectivity index (χ0n) is 10.6. The molecule has 0 heterocycles. The van der Waals surface area contributed by atoms with Crippen LogP contribution in [0.4, 0.5) is 0 Å². The summed E-state index contributed by atoms with van der Waals surface area (Å²) in [7, 11) is 0. The first-order chi connectivity index (χ1) is 7.63. The molecular formula is C14H23NO. The minimum atomic E-state index is 0.128. The Labute approximate surface area is 98.8 Å². The Kier molecular flexibility index (Phi) is 5.33. The first-order valence-corrected chi connectivity index (χ1v) is 6.11. The minimum Gasteiger partial charge on any atom is -0.494 e. The van der Waals surface area contributed by atoms with Crippen LogP contribution in [0.5, 0.6) is 5.75 Å². The van der Waals surface area contributed by atoms with Crippen molar-refractivity contribution in [3.8, 4) is 5.75 Å². The topological polar surface area (TPSA) is 35.2 Å². The van der Waals surface area contributed by atoms with Crippen molar-refractivity contribution < 1.29 is 4.74 Å². The van der Waals surface area contributed by atoms with Gasteiger partial charge in [0, 0.05) is 6.04 Å². The highest BCUT2D eigenvalue weighted by Crippen LogP contribution is 2.22. The maximum Gasteiger partial charge on any atom is 0.119 e. The van der Waals surface area contributed by atoms with Crippen molar-refractivity contribution >= 4 is 0 Å². The van der Waals surface area contributed by atoms with E-state index in [2.05, 4.69) is 26.0 Å². The lowest BCUT2D eigenvalue weighted by molar-refractivity contribution is 0.339. The summed E-state index contributed by atoms with van der Waals surface area (Å²) in [5, 5.41) is 0. The van der Waals surface area contributed by atoms with Crippen LogP contribution in [0, 0.1) is 5.92 Å². The van der Waals surface area contributed by atoms with Crippen molar-refractivity contribution in [1.82, 2.24) is 0 Å². The largest absolute Gasteiger partial charge is 0.494 e. The van der Waals surface area contributed by atoms with E-state index >= 15 is 0 Å². The molecule has 2 nitrogen and oxygen atoms in total. The van der Waals surface area contributed by atoms with E-state index in [1.54, 1.807) is 0 Å². The third-order valence-corrected chi connectivity index (χ3v) is 2.65. The van der Waals surface area contributed by atoms with Crippen LogP contribution >= 0.6 is 0 Å².